The second-order valence-corrected chi connectivity index (χ2v) is 4.37. The van der Waals surface area contributed by atoms with E-state index in [2.05, 4.69) is 36.2 Å². The van der Waals surface area contributed by atoms with Crippen LogP contribution in [0.1, 0.15) is 17.5 Å². The zero-order chi connectivity index (χ0) is 10.7. The number of fused-ring (bicyclic) bond motifs is 1. The highest BCUT2D eigenvalue weighted by atomic mass is 16.3. The molecule has 2 rings (SSSR count). The molecule has 1 unspecified atom stereocenters. The fourth-order valence-electron chi connectivity index (χ4n) is 2.40. The Balaban J connectivity index is 2.05. The van der Waals surface area contributed by atoms with E-state index in [1.165, 1.54) is 24.0 Å². The maximum absolute atomic E-state index is 8.92. The van der Waals surface area contributed by atoms with Gasteiger partial charge >= 0.3 is 0 Å². The average Bonchev–Trinajstić information content (AvgIpc) is 2.29. The normalized spacial score (nSPS) is 20.3. The van der Waals surface area contributed by atoms with Crippen molar-refractivity contribution in [2.24, 2.45) is 0 Å². The van der Waals surface area contributed by atoms with Crippen LogP contribution in [0, 0.1) is 0 Å². The molecule has 0 amide bonds. The third-order valence-electron chi connectivity index (χ3n) is 3.40. The Hall–Kier alpha value is -0.860. The standard InChI is InChI=1S/C13H19NO/c1-14(8-9-15)13-7-6-11-4-2-3-5-12(11)10-13/h2-5,13,15H,6-10H2,1H3. The van der Waals surface area contributed by atoms with E-state index in [9.17, 15) is 0 Å². The first kappa shape index (κ1) is 10.7. The van der Waals surface area contributed by atoms with E-state index in [0.717, 1.165) is 13.0 Å². The van der Waals surface area contributed by atoms with Crippen LogP contribution in [0.2, 0.25) is 0 Å². The van der Waals surface area contributed by atoms with Crippen molar-refractivity contribution >= 4 is 0 Å². The lowest BCUT2D eigenvalue weighted by atomic mass is 9.88. The maximum Gasteiger partial charge on any atom is 0.0558 e. The van der Waals surface area contributed by atoms with Gasteiger partial charge in [-0.05, 0) is 37.4 Å². The molecule has 1 aromatic rings. The maximum atomic E-state index is 8.92. The lowest BCUT2D eigenvalue weighted by Gasteiger charge is -2.32. The molecule has 0 fully saturated rings. The van der Waals surface area contributed by atoms with Crippen molar-refractivity contribution in [3.8, 4) is 0 Å². The van der Waals surface area contributed by atoms with Gasteiger partial charge in [0.2, 0.25) is 0 Å². The van der Waals surface area contributed by atoms with Crippen LogP contribution in [0.25, 0.3) is 0 Å². The number of rotatable bonds is 3. The zero-order valence-electron chi connectivity index (χ0n) is 9.32. The SMILES string of the molecule is CN(CCO)C1CCc2ccccc2C1. The molecule has 15 heavy (non-hydrogen) atoms. The van der Waals surface area contributed by atoms with Crippen molar-refractivity contribution in [2.75, 3.05) is 20.2 Å². The Morgan fingerprint density at radius 2 is 2.07 bits per heavy atom. The summed E-state index contributed by atoms with van der Waals surface area (Å²) in [4.78, 5) is 2.27. The summed E-state index contributed by atoms with van der Waals surface area (Å²) in [5.74, 6) is 0. The van der Waals surface area contributed by atoms with E-state index < -0.39 is 0 Å². The molecule has 0 spiro atoms. The number of hydrogen-bond acceptors (Lipinski definition) is 2. The first-order chi connectivity index (χ1) is 7.31. The van der Waals surface area contributed by atoms with Gasteiger partial charge in [0.25, 0.3) is 0 Å². The van der Waals surface area contributed by atoms with Gasteiger partial charge < -0.3 is 10.0 Å². The molecule has 0 aliphatic heterocycles. The van der Waals surface area contributed by atoms with Gasteiger partial charge in [0.15, 0.2) is 0 Å². The summed E-state index contributed by atoms with van der Waals surface area (Å²) >= 11 is 0. The summed E-state index contributed by atoms with van der Waals surface area (Å²) in [6.45, 7) is 1.04. The van der Waals surface area contributed by atoms with Gasteiger partial charge in [0.1, 0.15) is 0 Å². The predicted octanol–water partition coefficient (Wildman–Crippen LogP) is 1.47. The highest BCUT2D eigenvalue weighted by Crippen LogP contribution is 2.23. The van der Waals surface area contributed by atoms with Crippen molar-refractivity contribution in [3.05, 3.63) is 35.4 Å². The van der Waals surface area contributed by atoms with Crippen LogP contribution in [0.3, 0.4) is 0 Å². The van der Waals surface area contributed by atoms with Crippen LogP contribution >= 0.6 is 0 Å². The van der Waals surface area contributed by atoms with E-state index in [0.29, 0.717) is 6.04 Å². The van der Waals surface area contributed by atoms with Gasteiger partial charge in [-0.3, -0.25) is 0 Å². The number of benzene rings is 1. The molecule has 82 valence electrons. The molecule has 0 heterocycles. The van der Waals surface area contributed by atoms with Crippen molar-refractivity contribution in [1.82, 2.24) is 4.90 Å². The highest BCUT2D eigenvalue weighted by molar-refractivity contribution is 5.30. The number of aliphatic hydroxyl groups is 1. The van der Waals surface area contributed by atoms with Gasteiger partial charge in [-0.25, -0.2) is 0 Å². The second-order valence-electron chi connectivity index (χ2n) is 4.37. The van der Waals surface area contributed by atoms with E-state index >= 15 is 0 Å². The first-order valence-electron chi connectivity index (χ1n) is 5.69. The number of aliphatic hydroxyl groups excluding tert-OH is 1. The molecule has 1 aliphatic rings. The Kier molecular flexibility index (Phi) is 3.39. The molecule has 1 atom stereocenters. The van der Waals surface area contributed by atoms with E-state index in [4.69, 9.17) is 5.11 Å². The summed E-state index contributed by atoms with van der Waals surface area (Å²) in [5.41, 5.74) is 2.99. The lowest BCUT2D eigenvalue weighted by molar-refractivity contribution is 0.169. The van der Waals surface area contributed by atoms with Crippen LogP contribution in [0.4, 0.5) is 0 Å². The minimum atomic E-state index is 0.259. The van der Waals surface area contributed by atoms with Crippen molar-refractivity contribution < 1.29 is 5.11 Å². The Morgan fingerprint density at radius 1 is 1.33 bits per heavy atom. The Bertz CT molecular complexity index is 324. The summed E-state index contributed by atoms with van der Waals surface area (Å²) in [6, 6.07) is 9.31. The molecular weight excluding hydrogens is 186 g/mol. The quantitative estimate of drug-likeness (QED) is 0.807. The lowest BCUT2D eigenvalue weighted by Crippen LogP contribution is -2.38. The molecule has 1 aliphatic carbocycles. The van der Waals surface area contributed by atoms with Crippen LogP contribution < -0.4 is 0 Å². The molecule has 0 saturated heterocycles. The van der Waals surface area contributed by atoms with Gasteiger partial charge in [-0.1, -0.05) is 24.3 Å². The van der Waals surface area contributed by atoms with Crippen LogP contribution in [0.15, 0.2) is 24.3 Å². The third kappa shape index (κ3) is 2.39. The van der Waals surface area contributed by atoms with E-state index in [1.54, 1.807) is 0 Å². The molecule has 0 radical (unpaired) electrons. The minimum absolute atomic E-state index is 0.259. The minimum Gasteiger partial charge on any atom is -0.395 e. The largest absolute Gasteiger partial charge is 0.395 e. The topological polar surface area (TPSA) is 23.5 Å². The molecule has 2 heteroatoms. The molecule has 2 nitrogen and oxygen atoms in total. The summed E-state index contributed by atoms with van der Waals surface area (Å²) in [7, 11) is 2.11. The van der Waals surface area contributed by atoms with Gasteiger partial charge in [0.05, 0.1) is 6.61 Å². The van der Waals surface area contributed by atoms with Gasteiger partial charge in [0, 0.05) is 12.6 Å². The van der Waals surface area contributed by atoms with Crippen LogP contribution in [0.5, 0.6) is 0 Å². The molecule has 1 N–H and O–H groups in total. The number of nitrogens with zero attached hydrogens (tertiary/aromatic N) is 1. The second kappa shape index (κ2) is 4.77. The fraction of sp³-hybridized carbons (Fsp3) is 0.538. The molecule has 0 saturated carbocycles. The van der Waals surface area contributed by atoms with Crippen LogP contribution in [-0.2, 0) is 12.8 Å². The number of likely N-dealkylation sites (N-methyl/N-ethyl adjacent to an activating group) is 1. The zero-order valence-corrected chi connectivity index (χ0v) is 9.32. The van der Waals surface area contributed by atoms with Crippen molar-refractivity contribution in [3.63, 3.8) is 0 Å². The smallest absolute Gasteiger partial charge is 0.0558 e. The van der Waals surface area contributed by atoms with Gasteiger partial charge in [-0.2, -0.15) is 0 Å². The first-order valence-corrected chi connectivity index (χ1v) is 5.69. The van der Waals surface area contributed by atoms with E-state index in [1.807, 2.05) is 0 Å². The van der Waals surface area contributed by atoms with Crippen molar-refractivity contribution in [1.29, 1.82) is 0 Å². The van der Waals surface area contributed by atoms with Crippen LogP contribution in [-0.4, -0.2) is 36.2 Å². The summed E-state index contributed by atoms with van der Waals surface area (Å²) in [6.07, 6.45) is 3.52. The number of hydrogen-bond donors (Lipinski definition) is 1. The molecule has 1 aromatic carbocycles. The number of aryl methyl sites for hydroxylation is 1. The van der Waals surface area contributed by atoms with Crippen molar-refractivity contribution in [2.45, 2.75) is 25.3 Å². The highest BCUT2D eigenvalue weighted by Gasteiger charge is 2.20. The monoisotopic (exact) mass is 205 g/mol. The van der Waals surface area contributed by atoms with Gasteiger partial charge in [-0.15, -0.1) is 0 Å². The molecule has 0 aromatic heterocycles. The summed E-state index contributed by atoms with van der Waals surface area (Å²) in [5, 5.41) is 8.92. The predicted molar refractivity (Wildman–Crippen MR) is 62.0 cm³/mol. The molecular formula is C13H19NO. The van der Waals surface area contributed by atoms with E-state index in [-0.39, 0.29) is 6.61 Å². The summed E-state index contributed by atoms with van der Waals surface area (Å²) < 4.78 is 0. The molecule has 0 bridgehead atoms. The average molecular weight is 205 g/mol. The fourth-order valence-corrected chi connectivity index (χ4v) is 2.40. The third-order valence-corrected chi connectivity index (χ3v) is 3.40. The Morgan fingerprint density at radius 3 is 2.80 bits per heavy atom. The Labute approximate surface area is 91.5 Å².